The molecule has 1 unspecified atom stereocenters. The maximum Gasteiger partial charge on any atom is 0.224 e. The van der Waals surface area contributed by atoms with Gasteiger partial charge in [-0.2, -0.15) is 5.10 Å². The summed E-state index contributed by atoms with van der Waals surface area (Å²) in [7, 11) is 0. The minimum Gasteiger partial charge on any atom is -0.374 e. The van der Waals surface area contributed by atoms with Crippen LogP contribution < -0.4 is 5.32 Å². The SMILES string of the molecule is O=C(Cc1cnn(-c2ccccc2)c1)NCC1CN(Cc2ccccc2)CCO1. The van der Waals surface area contributed by atoms with Crippen LogP contribution >= 0.6 is 0 Å². The third kappa shape index (κ3) is 5.53. The molecule has 4 rings (SSSR count). The van der Waals surface area contributed by atoms with Crippen molar-refractivity contribution in [3.8, 4) is 5.69 Å². The monoisotopic (exact) mass is 390 g/mol. The number of hydrogen-bond donors (Lipinski definition) is 1. The molecule has 0 saturated carbocycles. The quantitative estimate of drug-likeness (QED) is 0.673. The Balaban J connectivity index is 1.24. The highest BCUT2D eigenvalue weighted by atomic mass is 16.5. The normalized spacial score (nSPS) is 17.2. The summed E-state index contributed by atoms with van der Waals surface area (Å²) < 4.78 is 7.62. The fourth-order valence-corrected chi connectivity index (χ4v) is 3.54. The molecule has 2 heterocycles. The molecule has 0 bridgehead atoms. The first-order valence-electron chi connectivity index (χ1n) is 10.00. The van der Waals surface area contributed by atoms with Crippen LogP contribution in [-0.4, -0.2) is 52.9 Å². The third-order valence-corrected chi connectivity index (χ3v) is 5.02. The highest BCUT2D eigenvalue weighted by Gasteiger charge is 2.21. The summed E-state index contributed by atoms with van der Waals surface area (Å²) in [5, 5.41) is 7.35. The van der Waals surface area contributed by atoms with E-state index in [0.717, 1.165) is 30.9 Å². The fourth-order valence-electron chi connectivity index (χ4n) is 3.54. The van der Waals surface area contributed by atoms with Crippen LogP contribution in [0.5, 0.6) is 0 Å². The molecule has 1 saturated heterocycles. The van der Waals surface area contributed by atoms with Crippen LogP contribution in [0.15, 0.2) is 73.1 Å². The number of benzene rings is 2. The first-order chi connectivity index (χ1) is 14.3. The van der Waals surface area contributed by atoms with Gasteiger partial charge in [-0.05, 0) is 23.3 Å². The summed E-state index contributed by atoms with van der Waals surface area (Å²) in [6.45, 7) is 3.86. The van der Waals surface area contributed by atoms with Crippen molar-refractivity contribution in [2.45, 2.75) is 19.1 Å². The van der Waals surface area contributed by atoms with E-state index in [1.165, 1.54) is 5.56 Å². The molecule has 1 fully saturated rings. The van der Waals surface area contributed by atoms with Crippen molar-refractivity contribution in [3.63, 3.8) is 0 Å². The number of hydrogen-bond acceptors (Lipinski definition) is 4. The van der Waals surface area contributed by atoms with E-state index in [2.05, 4.69) is 39.6 Å². The van der Waals surface area contributed by atoms with Gasteiger partial charge >= 0.3 is 0 Å². The Bertz CT molecular complexity index is 911. The lowest BCUT2D eigenvalue weighted by atomic mass is 10.2. The van der Waals surface area contributed by atoms with Gasteiger partial charge in [-0.25, -0.2) is 4.68 Å². The molecule has 150 valence electrons. The van der Waals surface area contributed by atoms with Gasteiger partial charge in [0.1, 0.15) is 0 Å². The van der Waals surface area contributed by atoms with Crippen LogP contribution in [-0.2, 0) is 22.5 Å². The van der Waals surface area contributed by atoms with Gasteiger partial charge in [0.15, 0.2) is 0 Å². The lowest BCUT2D eigenvalue weighted by molar-refractivity contribution is -0.121. The molecule has 1 aliphatic heterocycles. The number of carbonyl (C=O) groups excluding carboxylic acids is 1. The highest BCUT2D eigenvalue weighted by Crippen LogP contribution is 2.11. The van der Waals surface area contributed by atoms with Crippen molar-refractivity contribution < 1.29 is 9.53 Å². The lowest BCUT2D eigenvalue weighted by Gasteiger charge is -2.33. The van der Waals surface area contributed by atoms with Crippen molar-refractivity contribution >= 4 is 5.91 Å². The molecule has 29 heavy (non-hydrogen) atoms. The molecule has 1 N–H and O–H groups in total. The molecule has 1 aromatic heterocycles. The second-order valence-electron chi connectivity index (χ2n) is 7.32. The number of ether oxygens (including phenoxy) is 1. The smallest absolute Gasteiger partial charge is 0.224 e. The summed E-state index contributed by atoms with van der Waals surface area (Å²) in [5.41, 5.74) is 3.17. The fraction of sp³-hybridized carbons (Fsp3) is 0.304. The van der Waals surface area contributed by atoms with Crippen LogP contribution in [0.3, 0.4) is 0 Å². The zero-order valence-electron chi connectivity index (χ0n) is 16.4. The maximum absolute atomic E-state index is 12.4. The van der Waals surface area contributed by atoms with Crippen LogP contribution in [0, 0.1) is 0 Å². The summed E-state index contributed by atoms with van der Waals surface area (Å²) >= 11 is 0. The Morgan fingerprint density at radius 1 is 1.07 bits per heavy atom. The van der Waals surface area contributed by atoms with E-state index in [9.17, 15) is 4.79 Å². The van der Waals surface area contributed by atoms with Crippen LogP contribution in [0.2, 0.25) is 0 Å². The number of rotatable bonds is 7. The molecular formula is C23H26N4O2. The number of carbonyl (C=O) groups is 1. The number of amides is 1. The summed E-state index contributed by atoms with van der Waals surface area (Å²) in [6.07, 6.45) is 3.97. The van der Waals surface area contributed by atoms with Gasteiger partial charge in [0.05, 0.1) is 31.0 Å². The van der Waals surface area contributed by atoms with Crippen LogP contribution in [0.4, 0.5) is 0 Å². The number of aromatic nitrogens is 2. The van der Waals surface area contributed by atoms with Crippen molar-refractivity contribution in [2.24, 2.45) is 0 Å². The Morgan fingerprint density at radius 2 is 1.83 bits per heavy atom. The first-order valence-corrected chi connectivity index (χ1v) is 10.00. The Morgan fingerprint density at radius 3 is 2.62 bits per heavy atom. The molecule has 0 aliphatic carbocycles. The van der Waals surface area contributed by atoms with Gasteiger partial charge in [0.2, 0.25) is 5.91 Å². The van der Waals surface area contributed by atoms with Crippen LogP contribution in [0.1, 0.15) is 11.1 Å². The van der Waals surface area contributed by atoms with Crippen molar-refractivity contribution in [2.75, 3.05) is 26.2 Å². The highest BCUT2D eigenvalue weighted by molar-refractivity contribution is 5.78. The molecule has 0 spiro atoms. The van der Waals surface area contributed by atoms with E-state index < -0.39 is 0 Å². The van der Waals surface area contributed by atoms with Gasteiger partial charge in [-0.15, -0.1) is 0 Å². The number of morpholine rings is 1. The summed E-state index contributed by atoms with van der Waals surface area (Å²) in [6, 6.07) is 20.3. The second-order valence-corrected chi connectivity index (χ2v) is 7.32. The molecule has 3 aromatic rings. The summed E-state index contributed by atoms with van der Waals surface area (Å²) in [5.74, 6) is -0.0126. The van der Waals surface area contributed by atoms with E-state index in [4.69, 9.17) is 4.74 Å². The second kappa shape index (κ2) is 9.49. The van der Waals surface area contributed by atoms with E-state index >= 15 is 0 Å². The average Bonchev–Trinajstić information content (AvgIpc) is 3.22. The molecule has 2 aromatic carbocycles. The zero-order valence-corrected chi connectivity index (χ0v) is 16.4. The standard InChI is InChI=1S/C23H26N4O2/c28-23(13-20-14-25-27(17-20)21-9-5-2-6-10-21)24-15-22-18-26(11-12-29-22)16-19-7-3-1-4-8-19/h1-10,14,17,22H,11-13,15-16,18H2,(H,24,28). The Kier molecular flexibility index (Phi) is 6.34. The van der Waals surface area contributed by atoms with Crippen molar-refractivity contribution in [1.82, 2.24) is 20.0 Å². The molecule has 1 amide bonds. The number of nitrogens with one attached hydrogen (secondary N) is 1. The van der Waals surface area contributed by atoms with Crippen molar-refractivity contribution in [1.29, 1.82) is 0 Å². The summed E-state index contributed by atoms with van der Waals surface area (Å²) in [4.78, 5) is 14.7. The van der Waals surface area contributed by atoms with Crippen LogP contribution in [0.25, 0.3) is 5.69 Å². The molecule has 0 radical (unpaired) electrons. The first kappa shape index (κ1) is 19.4. The van der Waals surface area contributed by atoms with E-state index in [0.29, 0.717) is 19.6 Å². The van der Waals surface area contributed by atoms with Crippen molar-refractivity contribution in [3.05, 3.63) is 84.2 Å². The average molecular weight is 390 g/mol. The van der Waals surface area contributed by atoms with Gasteiger partial charge in [0.25, 0.3) is 0 Å². The largest absolute Gasteiger partial charge is 0.374 e. The van der Waals surface area contributed by atoms with E-state index in [1.807, 2.05) is 42.6 Å². The Hall–Kier alpha value is -2.96. The van der Waals surface area contributed by atoms with Gasteiger partial charge in [0, 0.05) is 32.4 Å². The molecular weight excluding hydrogens is 364 g/mol. The minimum atomic E-state index is -0.0126. The zero-order chi connectivity index (χ0) is 19.9. The molecule has 1 aliphatic rings. The lowest BCUT2D eigenvalue weighted by Crippen LogP contribution is -2.47. The van der Waals surface area contributed by atoms with Gasteiger partial charge < -0.3 is 10.1 Å². The third-order valence-electron chi connectivity index (χ3n) is 5.02. The van der Waals surface area contributed by atoms with Gasteiger partial charge in [-0.3, -0.25) is 9.69 Å². The molecule has 6 nitrogen and oxygen atoms in total. The number of para-hydroxylation sites is 1. The number of nitrogens with zero attached hydrogens (tertiary/aromatic N) is 3. The maximum atomic E-state index is 12.4. The van der Waals surface area contributed by atoms with E-state index in [-0.39, 0.29) is 12.0 Å². The van der Waals surface area contributed by atoms with Gasteiger partial charge in [-0.1, -0.05) is 48.5 Å². The topological polar surface area (TPSA) is 59.4 Å². The van der Waals surface area contributed by atoms with E-state index in [1.54, 1.807) is 10.9 Å². The minimum absolute atomic E-state index is 0.0126. The molecule has 6 heteroatoms. The predicted molar refractivity (Wildman–Crippen MR) is 112 cm³/mol. The predicted octanol–water partition coefficient (Wildman–Crippen LogP) is 2.43. The Labute approximate surface area is 171 Å². The molecule has 1 atom stereocenters.